The second-order valence-electron chi connectivity index (χ2n) is 7.65. The van der Waals surface area contributed by atoms with Gasteiger partial charge in [-0.1, -0.05) is 42.5 Å². The highest BCUT2D eigenvalue weighted by Crippen LogP contribution is 2.14. The SMILES string of the molecule is CC(=O)CCc1ccc(OCCCN2CCN(Cc3ccccc3)CC2)cc1. The van der Waals surface area contributed by atoms with Gasteiger partial charge in [-0.25, -0.2) is 0 Å². The van der Waals surface area contributed by atoms with E-state index < -0.39 is 0 Å². The molecule has 0 unspecified atom stereocenters. The lowest BCUT2D eigenvalue weighted by Gasteiger charge is -2.34. The van der Waals surface area contributed by atoms with Crippen LogP contribution in [0.1, 0.15) is 30.9 Å². The van der Waals surface area contributed by atoms with Gasteiger partial charge < -0.3 is 14.4 Å². The van der Waals surface area contributed by atoms with E-state index in [1.165, 1.54) is 11.1 Å². The first kappa shape index (κ1) is 20.6. The van der Waals surface area contributed by atoms with Crippen LogP contribution >= 0.6 is 0 Å². The zero-order chi connectivity index (χ0) is 19.6. The summed E-state index contributed by atoms with van der Waals surface area (Å²) in [5, 5.41) is 0. The lowest BCUT2D eigenvalue weighted by Crippen LogP contribution is -2.46. The molecule has 4 heteroatoms. The van der Waals surface area contributed by atoms with Gasteiger partial charge in [0.05, 0.1) is 6.61 Å². The lowest BCUT2D eigenvalue weighted by molar-refractivity contribution is -0.116. The van der Waals surface area contributed by atoms with Gasteiger partial charge in [-0.3, -0.25) is 4.90 Å². The zero-order valence-corrected chi connectivity index (χ0v) is 17.0. The predicted octanol–water partition coefficient (Wildman–Crippen LogP) is 3.79. The van der Waals surface area contributed by atoms with Crippen molar-refractivity contribution in [3.63, 3.8) is 0 Å². The maximum absolute atomic E-state index is 11.1. The number of ether oxygens (including phenoxy) is 1. The van der Waals surface area contributed by atoms with Crippen molar-refractivity contribution in [3.05, 3.63) is 65.7 Å². The van der Waals surface area contributed by atoms with Crippen molar-refractivity contribution < 1.29 is 9.53 Å². The summed E-state index contributed by atoms with van der Waals surface area (Å²) >= 11 is 0. The fourth-order valence-electron chi connectivity index (χ4n) is 3.56. The first-order chi connectivity index (χ1) is 13.7. The fourth-order valence-corrected chi connectivity index (χ4v) is 3.56. The molecule has 2 aromatic rings. The summed E-state index contributed by atoms with van der Waals surface area (Å²) in [6.07, 6.45) is 2.47. The summed E-state index contributed by atoms with van der Waals surface area (Å²) < 4.78 is 5.87. The number of hydrogen-bond acceptors (Lipinski definition) is 4. The van der Waals surface area contributed by atoms with E-state index in [2.05, 4.69) is 52.3 Å². The Morgan fingerprint density at radius 3 is 2.25 bits per heavy atom. The van der Waals surface area contributed by atoms with E-state index in [-0.39, 0.29) is 5.78 Å². The molecule has 150 valence electrons. The Morgan fingerprint density at radius 2 is 1.57 bits per heavy atom. The van der Waals surface area contributed by atoms with Crippen molar-refractivity contribution >= 4 is 5.78 Å². The summed E-state index contributed by atoms with van der Waals surface area (Å²) in [7, 11) is 0. The third kappa shape index (κ3) is 7.10. The number of hydrogen-bond donors (Lipinski definition) is 0. The molecule has 0 bridgehead atoms. The minimum Gasteiger partial charge on any atom is -0.494 e. The standard InChI is InChI=1S/C24H32N2O2/c1-21(27)8-9-22-10-12-24(13-11-22)28-19-5-14-25-15-17-26(18-16-25)20-23-6-3-2-4-7-23/h2-4,6-7,10-13H,5,8-9,14-20H2,1H3. The topological polar surface area (TPSA) is 32.8 Å². The largest absolute Gasteiger partial charge is 0.494 e. The first-order valence-electron chi connectivity index (χ1n) is 10.4. The molecule has 0 radical (unpaired) electrons. The van der Waals surface area contributed by atoms with Crippen molar-refractivity contribution in [1.29, 1.82) is 0 Å². The van der Waals surface area contributed by atoms with Crippen LogP contribution in [0.2, 0.25) is 0 Å². The number of rotatable bonds is 10. The van der Waals surface area contributed by atoms with Gasteiger partial charge >= 0.3 is 0 Å². The minimum absolute atomic E-state index is 0.237. The average molecular weight is 381 g/mol. The van der Waals surface area contributed by atoms with Crippen LogP contribution in [0.5, 0.6) is 5.75 Å². The van der Waals surface area contributed by atoms with Gasteiger partial charge in [0.1, 0.15) is 11.5 Å². The highest BCUT2D eigenvalue weighted by Gasteiger charge is 2.16. The quantitative estimate of drug-likeness (QED) is 0.587. The van der Waals surface area contributed by atoms with Crippen LogP contribution in [0.25, 0.3) is 0 Å². The monoisotopic (exact) mass is 380 g/mol. The smallest absolute Gasteiger partial charge is 0.130 e. The van der Waals surface area contributed by atoms with Crippen molar-refractivity contribution in [2.75, 3.05) is 39.3 Å². The zero-order valence-electron chi connectivity index (χ0n) is 17.0. The van der Waals surface area contributed by atoms with Crippen molar-refractivity contribution in [1.82, 2.24) is 9.80 Å². The number of piperazine rings is 1. The van der Waals surface area contributed by atoms with Crippen LogP contribution in [-0.2, 0) is 17.8 Å². The number of Topliss-reactive ketones (excluding diaryl/α,β-unsaturated/α-hetero) is 1. The van der Waals surface area contributed by atoms with E-state index in [0.717, 1.165) is 64.5 Å². The molecular weight excluding hydrogens is 348 g/mol. The molecule has 0 atom stereocenters. The molecule has 0 N–H and O–H groups in total. The molecule has 0 aliphatic carbocycles. The number of carbonyl (C=O) groups is 1. The van der Waals surface area contributed by atoms with Crippen LogP contribution in [0, 0.1) is 0 Å². The van der Waals surface area contributed by atoms with E-state index in [4.69, 9.17) is 4.74 Å². The van der Waals surface area contributed by atoms with Crippen LogP contribution in [0.3, 0.4) is 0 Å². The third-order valence-corrected chi connectivity index (χ3v) is 5.29. The van der Waals surface area contributed by atoms with Crippen LogP contribution in [-0.4, -0.2) is 54.9 Å². The molecular formula is C24H32N2O2. The highest BCUT2D eigenvalue weighted by atomic mass is 16.5. The van der Waals surface area contributed by atoms with Gasteiger partial charge in [-0.2, -0.15) is 0 Å². The highest BCUT2D eigenvalue weighted by molar-refractivity contribution is 5.75. The predicted molar refractivity (Wildman–Crippen MR) is 114 cm³/mol. The molecule has 1 aliphatic heterocycles. The summed E-state index contributed by atoms with van der Waals surface area (Å²) in [6.45, 7) is 9.08. The normalized spacial score (nSPS) is 15.5. The molecule has 0 aromatic heterocycles. The first-order valence-corrected chi connectivity index (χ1v) is 10.4. The number of carbonyl (C=O) groups excluding carboxylic acids is 1. The lowest BCUT2D eigenvalue weighted by atomic mass is 10.1. The molecule has 0 spiro atoms. The second-order valence-corrected chi connectivity index (χ2v) is 7.65. The molecule has 1 saturated heterocycles. The number of nitrogens with zero attached hydrogens (tertiary/aromatic N) is 2. The van der Waals surface area contributed by atoms with E-state index in [1.807, 2.05) is 12.1 Å². The van der Waals surface area contributed by atoms with E-state index in [9.17, 15) is 4.79 Å². The van der Waals surface area contributed by atoms with Crippen LogP contribution in [0.15, 0.2) is 54.6 Å². The summed E-state index contributed by atoms with van der Waals surface area (Å²) in [5.74, 6) is 1.15. The summed E-state index contributed by atoms with van der Waals surface area (Å²) in [4.78, 5) is 16.1. The molecule has 28 heavy (non-hydrogen) atoms. The van der Waals surface area contributed by atoms with Crippen molar-refractivity contribution in [3.8, 4) is 5.75 Å². The van der Waals surface area contributed by atoms with Gasteiger partial charge in [0, 0.05) is 45.7 Å². The Balaban J connectivity index is 1.28. The maximum atomic E-state index is 11.1. The van der Waals surface area contributed by atoms with E-state index >= 15 is 0 Å². The van der Waals surface area contributed by atoms with Gasteiger partial charge in [-0.05, 0) is 43.0 Å². The fraction of sp³-hybridized carbons (Fsp3) is 0.458. The Hall–Kier alpha value is -2.17. The molecule has 1 heterocycles. The molecule has 4 nitrogen and oxygen atoms in total. The molecule has 1 aliphatic rings. The number of benzene rings is 2. The van der Waals surface area contributed by atoms with Crippen molar-refractivity contribution in [2.45, 2.75) is 32.7 Å². The Kier molecular flexibility index (Phi) is 8.07. The molecule has 1 fully saturated rings. The van der Waals surface area contributed by atoms with E-state index in [0.29, 0.717) is 6.42 Å². The molecule has 0 amide bonds. The van der Waals surface area contributed by atoms with Crippen LogP contribution in [0.4, 0.5) is 0 Å². The number of ketones is 1. The van der Waals surface area contributed by atoms with Gasteiger partial charge in [0.25, 0.3) is 0 Å². The van der Waals surface area contributed by atoms with Crippen LogP contribution < -0.4 is 4.74 Å². The third-order valence-electron chi connectivity index (χ3n) is 5.29. The Bertz CT molecular complexity index is 707. The molecule has 0 saturated carbocycles. The average Bonchev–Trinajstić information content (AvgIpc) is 2.72. The summed E-state index contributed by atoms with van der Waals surface area (Å²) in [6, 6.07) is 18.9. The second kappa shape index (κ2) is 11.0. The maximum Gasteiger partial charge on any atom is 0.130 e. The van der Waals surface area contributed by atoms with Crippen molar-refractivity contribution in [2.24, 2.45) is 0 Å². The van der Waals surface area contributed by atoms with E-state index in [1.54, 1.807) is 6.92 Å². The Labute approximate surface area is 169 Å². The number of aryl methyl sites for hydroxylation is 1. The van der Waals surface area contributed by atoms with Gasteiger partial charge in [0.2, 0.25) is 0 Å². The molecule has 2 aromatic carbocycles. The Morgan fingerprint density at radius 1 is 0.893 bits per heavy atom. The van der Waals surface area contributed by atoms with Gasteiger partial charge in [-0.15, -0.1) is 0 Å². The molecule has 3 rings (SSSR count). The summed E-state index contributed by atoms with van der Waals surface area (Å²) in [5.41, 5.74) is 2.59. The van der Waals surface area contributed by atoms with Gasteiger partial charge in [0.15, 0.2) is 0 Å². The minimum atomic E-state index is 0.237.